The van der Waals surface area contributed by atoms with Gasteiger partial charge in [0, 0.05) is 13.5 Å². The summed E-state index contributed by atoms with van der Waals surface area (Å²) in [6.07, 6.45) is 0.236. The number of ether oxygens (including phenoxy) is 2. The summed E-state index contributed by atoms with van der Waals surface area (Å²) in [5, 5.41) is 9.76. The Morgan fingerprint density at radius 3 is 2.58 bits per heavy atom. The molecule has 0 unspecified atom stereocenters. The van der Waals surface area contributed by atoms with Crippen molar-refractivity contribution in [3.8, 4) is 0 Å². The highest BCUT2D eigenvalue weighted by Gasteiger charge is 2.43. The van der Waals surface area contributed by atoms with Gasteiger partial charge in [0.05, 0.1) is 17.8 Å². The lowest BCUT2D eigenvalue weighted by atomic mass is 9.86. The number of aliphatic hydroxyl groups is 1. The number of hydrogen-bond donors (Lipinski definition) is 1. The first kappa shape index (κ1) is 9.96. The van der Waals surface area contributed by atoms with Gasteiger partial charge in [-0.3, -0.25) is 0 Å². The summed E-state index contributed by atoms with van der Waals surface area (Å²) >= 11 is 0. The molecule has 0 aromatic heterocycles. The second-order valence-electron chi connectivity index (χ2n) is 3.82. The lowest BCUT2D eigenvalue weighted by Gasteiger charge is -2.43. The summed E-state index contributed by atoms with van der Waals surface area (Å²) in [5.41, 5.74) is -0.447. The Kier molecular flexibility index (Phi) is 2.76. The van der Waals surface area contributed by atoms with Gasteiger partial charge in [-0.25, -0.2) is 0 Å². The van der Waals surface area contributed by atoms with Crippen LogP contribution < -0.4 is 0 Å². The van der Waals surface area contributed by atoms with Gasteiger partial charge in [0.1, 0.15) is 6.10 Å². The van der Waals surface area contributed by atoms with Gasteiger partial charge in [-0.1, -0.05) is 0 Å². The maximum atomic E-state index is 9.76. The van der Waals surface area contributed by atoms with E-state index in [1.54, 1.807) is 7.11 Å². The summed E-state index contributed by atoms with van der Waals surface area (Å²) in [6, 6.07) is 0. The molecule has 0 radical (unpaired) electrons. The molecule has 4 atom stereocenters. The Balaban J connectivity index is 2.72. The molecule has 3 heteroatoms. The SMILES string of the molecule is CO[C@]1(C)C[C@H](C)O[C@@H](C)[C@@H]1O. The molecule has 1 aliphatic heterocycles. The molecule has 3 nitrogen and oxygen atoms in total. The highest BCUT2D eigenvalue weighted by Crippen LogP contribution is 2.31. The van der Waals surface area contributed by atoms with Gasteiger partial charge in [-0.05, 0) is 20.8 Å². The van der Waals surface area contributed by atoms with Crippen LogP contribution in [-0.4, -0.2) is 36.1 Å². The van der Waals surface area contributed by atoms with E-state index in [1.165, 1.54) is 0 Å². The Morgan fingerprint density at radius 1 is 1.50 bits per heavy atom. The Bertz CT molecular complexity index is 160. The predicted molar refractivity (Wildman–Crippen MR) is 46.0 cm³/mol. The minimum absolute atomic E-state index is 0.140. The Hall–Kier alpha value is -0.120. The summed E-state index contributed by atoms with van der Waals surface area (Å²) in [6.45, 7) is 5.80. The Labute approximate surface area is 73.7 Å². The van der Waals surface area contributed by atoms with Crippen molar-refractivity contribution in [2.45, 2.75) is 51.1 Å². The first-order valence-electron chi connectivity index (χ1n) is 4.38. The zero-order valence-corrected chi connectivity index (χ0v) is 8.20. The Morgan fingerprint density at radius 2 is 2.08 bits per heavy atom. The van der Waals surface area contributed by atoms with Crippen molar-refractivity contribution in [2.24, 2.45) is 0 Å². The molecule has 12 heavy (non-hydrogen) atoms. The molecule has 0 amide bonds. The molecule has 1 rings (SSSR count). The van der Waals surface area contributed by atoms with Gasteiger partial charge in [0.15, 0.2) is 0 Å². The van der Waals surface area contributed by atoms with Crippen LogP contribution in [0.25, 0.3) is 0 Å². The van der Waals surface area contributed by atoms with Crippen molar-refractivity contribution in [3.05, 3.63) is 0 Å². The van der Waals surface area contributed by atoms with Crippen LogP contribution in [0.1, 0.15) is 27.2 Å². The van der Waals surface area contributed by atoms with E-state index in [0.29, 0.717) is 0 Å². The van der Waals surface area contributed by atoms with E-state index in [-0.39, 0.29) is 12.2 Å². The van der Waals surface area contributed by atoms with Crippen LogP contribution in [0.2, 0.25) is 0 Å². The minimum Gasteiger partial charge on any atom is -0.387 e. The molecular formula is C9H18O3. The molecule has 1 saturated heterocycles. The van der Waals surface area contributed by atoms with Crippen LogP contribution in [0.15, 0.2) is 0 Å². The molecule has 0 aliphatic carbocycles. The van der Waals surface area contributed by atoms with Gasteiger partial charge in [-0.15, -0.1) is 0 Å². The van der Waals surface area contributed by atoms with Crippen LogP contribution >= 0.6 is 0 Å². The topological polar surface area (TPSA) is 38.7 Å². The second-order valence-corrected chi connectivity index (χ2v) is 3.82. The highest BCUT2D eigenvalue weighted by molar-refractivity contribution is 4.93. The minimum atomic E-state index is -0.529. The van der Waals surface area contributed by atoms with Crippen molar-refractivity contribution in [2.75, 3.05) is 7.11 Å². The fraction of sp³-hybridized carbons (Fsp3) is 1.00. The van der Waals surface area contributed by atoms with Crippen LogP contribution in [-0.2, 0) is 9.47 Å². The number of aliphatic hydroxyl groups excluding tert-OH is 1. The lowest BCUT2D eigenvalue weighted by molar-refractivity contribution is -0.210. The van der Waals surface area contributed by atoms with Gasteiger partial charge < -0.3 is 14.6 Å². The van der Waals surface area contributed by atoms with Crippen LogP contribution in [0.4, 0.5) is 0 Å². The molecule has 72 valence electrons. The zero-order valence-electron chi connectivity index (χ0n) is 8.20. The first-order chi connectivity index (χ1) is 5.49. The second kappa shape index (κ2) is 3.32. The summed E-state index contributed by atoms with van der Waals surface area (Å²) < 4.78 is 10.8. The fourth-order valence-corrected chi connectivity index (χ4v) is 1.88. The number of hydrogen-bond acceptors (Lipinski definition) is 3. The summed E-state index contributed by atoms with van der Waals surface area (Å²) in [7, 11) is 1.63. The quantitative estimate of drug-likeness (QED) is 0.643. The third-order valence-electron chi connectivity index (χ3n) is 2.68. The van der Waals surface area contributed by atoms with E-state index < -0.39 is 11.7 Å². The molecule has 0 aromatic rings. The van der Waals surface area contributed by atoms with Crippen molar-refractivity contribution < 1.29 is 14.6 Å². The van der Waals surface area contributed by atoms with E-state index >= 15 is 0 Å². The van der Waals surface area contributed by atoms with Crippen molar-refractivity contribution in [1.29, 1.82) is 0 Å². The van der Waals surface area contributed by atoms with E-state index in [9.17, 15) is 5.11 Å². The molecule has 1 N–H and O–H groups in total. The fourth-order valence-electron chi connectivity index (χ4n) is 1.88. The third kappa shape index (κ3) is 1.63. The monoisotopic (exact) mass is 174 g/mol. The largest absolute Gasteiger partial charge is 0.387 e. The van der Waals surface area contributed by atoms with E-state index in [0.717, 1.165) is 6.42 Å². The van der Waals surface area contributed by atoms with E-state index in [1.807, 2.05) is 20.8 Å². The normalized spacial score (nSPS) is 49.2. The average Bonchev–Trinajstić information content (AvgIpc) is 2.00. The van der Waals surface area contributed by atoms with Crippen LogP contribution in [0, 0.1) is 0 Å². The lowest BCUT2D eigenvalue weighted by Crippen LogP contribution is -2.55. The summed E-state index contributed by atoms with van der Waals surface area (Å²) in [5.74, 6) is 0. The maximum absolute atomic E-state index is 9.76. The zero-order chi connectivity index (χ0) is 9.35. The first-order valence-corrected chi connectivity index (χ1v) is 4.38. The third-order valence-corrected chi connectivity index (χ3v) is 2.68. The van der Waals surface area contributed by atoms with E-state index in [2.05, 4.69) is 0 Å². The summed E-state index contributed by atoms with van der Waals surface area (Å²) in [4.78, 5) is 0. The van der Waals surface area contributed by atoms with Gasteiger partial charge in [0.2, 0.25) is 0 Å². The van der Waals surface area contributed by atoms with Gasteiger partial charge in [-0.2, -0.15) is 0 Å². The van der Waals surface area contributed by atoms with Gasteiger partial charge >= 0.3 is 0 Å². The average molecular weight is 174 g/mol. The van der Waals surface area contributed by atoms with Crippen molar-refractivity contribution in [3.63, 3.8) is 0 Å². The van der Waals surface area contributed by atoms with Crippen LogP contribution in [0.5, 0.6) is 0 Å². The molecule has 0 bridgehead atoms. The predicted octanol–water partition coefficient (Wildman–Crippen LogP) is 0.950. The van der Waals surface area contributed by atoms with Gasteiger partial charge in [0.25, 0.3) is 0 Å². The molecule has 1 heterocycles. The standard InChI is InChI=1S/C9H18O3/c1-6-5-9(3,11-4)8(10)7(2)12-6/h6-8,10H,5H2,1-4H3/t6-,7-,8-,9+/m0/s1. The smallest absolute Gasteiger partial charge is 0.109 e. The maximum Gasteiger partial charge on any atom is 0.109 e. The highest BCUT2D eigenvalue weighted by atomic mass is 16.5. The molecule has 0 saturated carbocycles. The molecule has 1 aliphatic rings. The van der Waals surface area contributed by atoms with E-state index in [4.69, 9.17) is 9.47 Å². The molecule has 1 fully saturated rings. The number of rotatable bonds is 1. The molecular weight excluding hydrogens is 156 g/mol. The van der Waals surface area contributed by atoms with Crippen molar-refractivity contribution in [1.82, 2.24) is 0 Å². The van der Waals surface area contributed by atoms with Crippen LogP contribution in [0.3, 0.4) is 0 Å². The molecule has 0 aromatic carbocycles. The molecule has 0 spiro atoms. The number of methoxy groups -OCH3 is 1. The van der Waals surface area contributed by atoms with Crippen molar-refractivity contribution >= 4 is 0 Å².